The highest BCUT2D eigenvalue weighted by Crippen LogP contribution is 2.27. The van der Waals surface area contributed by atoms with Gasteiger partial charge < -0.3 is 18.9 Å². The Morgan fingerprint density at radius 1 is 1.12 bits per heavy atom. The maximum absolute atomic E-state index is 12.4. The first-order chi connectivity index (χ1) is 12.3. The number of para-hydroxylation sites is 2. The molecule has 2 aromatic carbocycles. The van der Waals surface area contributed by atoms with Crippen LogP contribution in [0, 0.1) is 0 Å². The second-order valence-corrected chi connectivity index (χ2v) is 5.74. The van der Waals surface area contributed by atoms with E-state index in [4.69, 9.17) is 18.9 Å². The van der Waals surface area contributed by atoms with E-state index in [1.165, 1.54) is 0 Å². The summed E-state index contributed by atoms with van der Waals surface area (Å²) >= 11 is 0. The molecule has 3 rings (SSSR count). The summed E-state index contributed by atoms with van der Waals surface area (Å²) in [7, 11) is 0. The van der Waals surface area contributed by atoms with Gasteiger partial charge in [0.2, 0.25) is 0 Å². The molecule has 1 fully saturated rings. The van der Waals surface area contributed by atoms with Gasteiger partial charge in [-0.3, -0.25) is 0 Å². The van der Waals surface area contributed by atoms with Crippen molar-refractivity contribution in [3.8, 4) is 17.2 Å². The Kier molecular flexibility index (Phi) is 5.90. The summed E-state index contributed by atoms with van der Waals surface area (Å²) in [6, 6.07) is 14.1. The lowest BCUT2D eigenvalue weighted by molar-refractivity contribution is 0.0676. The smallest absolute Gasteiger partial charge is 0.343 e. The number of rotatable bonds is 7. The standard InChI is InChI=1S/C20H22O5/c1-2-22-18-10-3-4-11-19(18)25-20(21)15-7-5-8-16(13-15)24-14-17-9-6-12-23-17/h3-5,7-8,10-11,13,17H,2,6,9,12,14H2,1H3. The van der Waals surface area contributed by atoms with Crippen molar-refractivity contribution < 1.29 is 23.7 Å². The molecular weight excluding hydrogens is 320 g/mol. The molecule has 1 heterocycles. The molecule has 5 nitrogen and oxygen atoms in total. The maximum Gasteiger partial charge on any atom is 0.343 e. The fraction of sp³-hybridized carbons (Fsp3) is 0.350. The molecule has 2 aromatic rings. The van der Waals surface area contributed by atoms with Crippen LogP contribution < -0.4 is 14.2 Å². The van der Waals surface area contributed by atoms with E-state index in [1.807, 2.05) is 19.1 Å². The van der Waals surface area contributed by atoms with Gasteiger partial charge in [-0.15, -0.1) is 0 Å². The summed E-state index contributed by atoms with van der Waals surface area (Å²) in [6.45, 7) is 3.67. The third-order valence-corrected chi connectivity index (χ3v) is 3.88. The number of benzene rings is 2. The van der Waals surface area contributed by atoms with Crippen LogP contribution in [0.1, 0.15) is 30.1 Å². The van der Waals surface area contributed by atoms with Crippen molar-refractivity contribution in [1.82, 2.24) is 0 Å². The van der Waals surface area contributed by atoms with E-state index in [0.717, 1.165) is 19.4 Å². The predicted molar refractivity (Wildman–Crippen MR) is 93.5 cm³/mol. The van der Waals surface area contributed by atoms with Crippen molar-refractivity contribution in [3.05, 3.63) is 54.1 Å². The minimum Gasteiger partial charge on any atom is -0.491 e. The van der Waals surface area contributed by atoms with Crippen molar-refractivity contribution in [2.24, 2.45) is 0 Å². The van der Waals surface area contributed by atoms with Crippen LogP contribution in [0.3, 0.4) is 0 Å². The van der Waals surface area contributed by atoms with Gasteiger partial charge in [0.05, 0.1) is 18.3 Å². The second kappa shape index (κ2) is 8.53. The molecule has 0 aromatic heterocycles. The molecule has 1 aliphatic heterocycles. The SMILES string of the molecule is CCOc1ccccc1OC(=O)c1cccc(OCC2CCCO2)c1. The van der Waals surface area contributed by atoms with Gasteiger partial charge in [-0.2, -0.15) is 0 Å². The lowest BCUT2D eigenvalue weighted by Gasteiger charge is -2.13. The van der Waals surface area contributed by atoms with Crippen LogP contribution in [-0.4, -0.2) is 31.9 Å². The van der Waals surface area contributed by atoms with Gasteiger partial charge in [-0.25, -0.2) is 4.79 Å². The second-order valence-electron chi connectivity index (χ2n) is 5.74. The highest BCUT2D eigenvalue weighted by Gasteiger charge is 2.17. The zero-order chi connectivity index (χ0) is 17.5. The fourth-order valence-corrected chi connectivity index (χ4v) is 2.65. The monoisotopic (exact) mass is 342 g/mol. The summed E-state index contributed by atoms with van der Waals surface area (Å²) in [4.78, 5) is 12.4. The van der Waals surface area contributed by atoms with Crippen molar-refractivity contribution in [3.63, 3.8) is 0 Å². The molecular formula is C20H22O5. The Morgan fingerprint density at radius 2 is 1.96 bits per heavy atom. The van der Waals surface area contributed by atoms with Crippen LogP contribution in [0.5, 0.6) is 17.2 Å². The third kappa shape index (κ3) is 4.73. The first-order valence-corrected chi connectivity index (χ1v) is 8.54. The number of ether oxygens (including phenoxy) is 4. The molecule has 1 aliphatic rings. The quantitative estimate of drug-likeness (QED) is 0.565. The molecule has 0 spiro atoms. The molecule has 5 heteroatoms. The largest absolute Gasteiger partial charge is 0.491 e. The number of esters is 1. The van der Waals surface area contributed by atoms with E-state index in [-0.39, 0.29) is 6.10 Å². The molecule has 0 amide bonds. The van der Waals surface area contributed by atoms with Gasteiger partial charge >= 0.3 is 5.97 Å². The lowest BCUT2D eigenvalue weighted by atomic mass is 10.2. The van der Waals surface area contributed by atoms with E-state index in [2.05, 4.69) is 0 Å². The molecule has 1 unspecified atom stereocenters. The summed E-state index contributed by atoms with van der Waals surface area (Å²) in [5.41, 5.74) is 0.427. The molecule has 0 radical (unpaired) electrons. The van der Waals surface area contributed by atoms with E-state index in [1.54, 1.807) is 36.4 Å². The third-order valence-electron chi connectivity index (χ3n) is 3.88. The Morgan fingerprint density at radius 3 is 2.72 bits per heavy atom. The summed E-state index contributed by atoms with van der Waals surface area (Å²) in [5.74, 6) is 1.13. The van der Waals surface area contributed by atoms with Crippen molar-refractivity contribution in [2.45, 2.75) is 25.9 Å². The van der Waals surface area contributed by atoms with Gasteiger partial charge in [0.1, 0.15) is 12.4 Å². The molecule has 0 bridgehead atoms. The van der Waals surface area contributed by atoms with E-state index >= 15 is 0 Å². The van der Waals surface area contributed by atoms with Crippen LogP contribution in [0.25, 0.3) is 0 Å². The number of carbonyl (C=O) groups is 1. The first-order valence-electron chi connectivity index (χ1n) is 8.54. The average molecular weight is 342 g/mol. The van der Waals surface area contributed by atoms with E-state index in [0.29, 0.717) is 36.0 Å². The highest BCUT2D eigenvalue weighted by atomic mass is 16.6. The molecule has 132 valence electrons. The molecule has 0 saturated carbocycles. The number of carbonyl (C=O) groups excluding carboxylic acids is 1. The molecule has 25 heavy (non-hydrogen) atoms. The van der Waals surface area contributed by atoms with Crippen LogP contribution in [0.2, 0.25) is 0 Å². The van der Waals surface area contributed by atoms with Crippen LogP contribution in [-0.2, 0) is 4.74 Å². The summed E-state index contributed by atoms with van der Waals surface area (Å²) in [6.07, 6.45) is 2.21. The number of hydrogen-bond donors (Lipinski definition) is 0. The van der Waals surface area contributed by atoms with Gasteiger partial charge in [-0.1, -0.05) is 18.2 Å². The minimum atomic E-state index is -0.449. The van der Waals surface area contributed by atoms with Crippen molar-refractivity contribution in [2.75, 3.05) is 19.8 Å². The van der Waals surface area contributed by atoms with Crippen LogP contribution in [0.15, 0.2) is 48.5 Å². The first kappa shape index (κ1) is 17.3. The highest BCUT2D eigenvalue weighted by molar-refractivity contribution is 5.91. The molecule has 0 aliphatic carbocycles. The van der Waals surface area contributed by atoms with E-state index in [9.17, 15) is 4.79 Å². The van der Waals surface area contributed by atoms with Crippen LogP contribution >= 0.6 is 0 Å². The average Bonchev–Trinajstić information content (AvgIpc) is 3.16. The van der Waals surface area contributed by atoms with Crippen molar-refractivity contribution in [1.29, 1.82) is 0 Å². The maximum atomic E-state index is 12.4. The lowest BCUT2D eigenvalue weighted by Crippen LogP contribution is -2.16. The molecule has 1 saturated heterocycles. The van der Waals surface area contributed by atoms with Gasteiger partial charge in [-0.05, 0) is 50.1 Å². The minimum absolute atomic E-state index is 0.133. The Balaban J connectivity index is 1.65. The van der Waals surface area contributed by atoms with Gasteiger partial charge in [0.15, 0.2) is 11.5 Å². The predicted octanol–water partition coefficient (Wildman–Crippen LogP) is 3.86. The van der Waals surface area contributed by atoms with Crippen LogP contribution in [0.4, 0.5) is 0 Å². The zero-order valence-electron chi connectivity index (χ0n) is 14.3. The Hall–Kier alpha value is -2.53. The van der Waals surface area contributed by atoms with E-state index < -0.39 is 5.97 Å². The topological polar surface area (TPSA) is 54.0 Å². The normalized spacial score (nSPS) is 16.4. The molecule has 0 N–H and O–H groups in total. The van der Waals surface area contributed by atoms with Crippen molar-refractivity contribution >= 4 is 5.97 Å². The molecule has 1 atom stereocenters. The zero-order valence-corrected chi connectivity index (χ0v) is 14.3. The summed E-state index contributed by atoms with van der Waals surface area (Å²) < 4.78 is 22.2. The van der Waals surface area contributed by atoms with Gasteiger partial charge in [0, 0.05) is 6.61 Å². The fourth-order valence-electron chi connectivity index (χ4n) is 2.65. The number of hydrogen-bond acceptors (Lipinski definition) is 5. The Labute approximate surface area is 147 Å². The Bertz CT molecular complexity index is 707. The summed E-state index contributed by atoms with van der Waals surface area (Å²) in [5, 5.41) is 0. The van der Waals surface area contributed by atoms with Gasteiger partial charge in [0.25, 0.3) is 0 Å².